The van der Waals surface area contributed by atoms with Crippen molar-refractivity contribution in [1.82, 2.24) is 9.62 Å². The molecular formula is C21H20F3N3O3S. The van der Waals surface area contributed by atoms with Crippen molar-refractivity contribution in [2.75, 3.05) is 7.05 Å². The van der Waals surface area contributed by atoms with Crippen molar-refractivity contribution < 1.29 is 26.4 Å². The predicted molar refractivity (Wildman–Crippen MR) is 107 cm³/mol. The first kappa shape index (κ1) is 21.4. The molecule has 2 N–H and O–H groups in total. The fourth-order valence-electron chi connectivity index (χ4n) is 4.04. The first-order valence-corrected chi connectivity index (χ1v) is 11.1. The summed E-state index contributed by atoms with van der Waals surface area (Å²) in [6.07, 6.45) is 1.37. The number of carbonyl (C=O) groups excluding carboxylic acids is 1. The molecule has 10 heteroatoms. The molecule has 2 fully saturated rings. The van der Waals surface area contributed by atoms with Crippen LogP contribution in [0.1, 0.15) is 46.5 Å². The van der Waals surface area contributed by atoms with Gasteiger partial charge in [0.2, 0.25) is 16.0 Å². The summed E-state index contributed by atoms with van der Waals surface area (Å²) in [5, 5.41) is 9.07. The van der Waals surface area contributed by atoms with Crippen LogP contribution >= 0.6 is 0 Å². The molecule has 164 valence electrons. The number of Topliss-reactive ketones (excluding diaryl/α,β-unsaturated/α-hetero) is 1. The second-order valence-electron chi connectivity index (χ2n) is 8.07. The molecule has 1 aliphatic heterocycles. The summed E-state index contributed by atoms with van der Waals surface area (Å²) in [6, 6.07) is 6.08. The van der Waals surface area contributed by atoms with E-state index in [-0.39, 0.29) is 28.4 Å². The highest BCUT2D eigenvalue weighted by Gasteiger charge is 2.53. The van der Waals surface area contributed by atoms with Crippen LogP contribution in [0, 0.1) is 28.8 Å². The van der Waals surface area contributed by atoms with Crippen molar-refractivity contribution in [3.63, 3.8) is 0 Å². The van der Waals surface area contributed by atoms with Crippen molar-refractivity contribution in [2.24, 2.45) is 5.92 Å². The monoisotopic (exact) mass is 451 g/mol. The van der Waals surface area contributed by atoms with E-state index in [1.807, 2.05) is 0 Å². The van der Waals surface area contributed by atoms with E-state index in [2.05, 4.69) is 5.32 Å². The molecule has 31 heavy (non-hydrogen) atoms. The molecule has 2 atom stereocenters. The van der Waals surface area contributed by atoms with Crippen LogP contribution in [0.2, 0.25) is 0 Å². The highest BCUT2D eigenvalue weighted by atomic mass is 32.2. The van der Waals surface area contributed by atoms with Gasteiger partial charge < -0.3 is 5.32 Å². The van der Waals surface area contributed by atoms with Gasteiger partial charge in [-0.05, 0) is 55.7 Å². The van der Waals surface area contributed by atoms with Gasteiger partial charge in [0.15, 0.2) is 5.78 Å². The average molecular weight is 451 g/mol. The normalized spacial score (nSPS) is 25.3. The number of nitrogens with zero attached hydrogens (tertiary/aromatic N) is 1. The third-order valence-electron chi connectivity index (χ3n) is 5.89. The molecule has 0 unspecified atom stereocenters. The summed E-state index contributed by atoms with van der Waals surface area (Å²) in [4.78, 5) is 12.3. The number of ketones is 1. The third kappa shape index (κ3) is 3.38. The maximum atomic E-state index is 14.8. The van der Waals surface area contributed by atoms with Gasteiger partial charge in [-0.15, -0.1) is 0 Å². The minimum Gasteiger partial charge on any atom is -0.345 e. The summed E-state index contributed by atoms with van der Waals surface area (Å²) < 4.78 is 70.8. The lowest BCUT2D eigenvalue weighted by Gasteiger charge is -2.46. The number of nitrogens with one attached hydrogen (secondary N) is 2. The number of sulfonamides is 1. The van der Waals surface area contributed by atoms with Crippen molar-refractivity contribution in [2.45, 2.75) is 30.6 Å². The maximum absolute atomic E-state index is 14.8. The molecule has 1 saturated carbocycles. The Labute approximate surface area is 177 Å². The first-order valence-electron chi connectivity index (χ1n) is 9.60. The number of halogens is 3. The van der Waals surface area contributed by atoms with Crippen LogP contribution in [0.5, 0.6) is 0 Å². The van der Waals surface area contributed by atoms with Crippen LogP contribution in [0.15, 0.2) is 36.4 Å². The Balaban J connectivity index is 1.91. The van der Waals surface area contributed by atoms with E-state index in [9.17, 15) is 26.4 Å². The fourth-order valence-corrected chi connectivity index (χ4v) is 5.93. The lowest BCUT2D eigenvalue weighted by Crippen LogP contribution is -2.62. The van der Waals surface area contributed by atoms with E-state index in [0.717, 1.165) is 31.3 Å². The molecular weight excluding hydrogens is 431 g/mol. The van der Waals surface area contributed by atoms with Gasteiger partial charge in [0, 0.05) is 18.5 Å². The van der Waals surface area contributed by atoms with Crippen LogP contribution in [-0.2, 0) is 15.6 Å². The molecule has 4 rings (SSSR count). The van der Waals surface area contributed by atoms with E-state index in [4.69, 9.17) is 5.41 Å². The Bertz CT molecular complexity index is 1210. The smallest absolute Gasteiger partial charge is 0.246 e. The molecule has 0 amide bonds. The maximum Gasteiger partial charge on any atom is 0.246 e. The molecule has 1 saturated heterocycles. The fraction of sp³-hybridized carbons (Fsp3) is 0.333. The molecule has 1 heterocycles. The van der Waals surface area contributed by atoms with Crippen LogP contribution in [0.4, 0.5) is 13.2 Å². The SMILES string of the molecule is CN1C(=N)N[C@](C)(c2cc(F)ccc2F)[C@@H](c2ccc(C(=O)C3CC3)c(F)c2)S1(=O)=O. The number of hydrogen-bond donors (Lipinski definition) is 2. The molecule has 0 radical (unpaired) electrons. The molecule has 0 aromatic heterocycles. The van der Waals surface area contributed by atoms with E-state index in [1.54, 1.807) is 0 Å². The van der Waals surface area contributed by atoms with E-state index < -0.39 is 44.2 Å². The zero-order valence-corrected chi connectivity index (χ0v) is 17.6. The third-order valence-corrected chi connectivity index (χ3v) is 8.18. The highest BCUT2D eigenvalue weighted by molar-refractivity contribution is 7.90. The second kappa shape index (κ2) is 7.08. The van der Waals surface area contributed by atoms with Gasteiger partial charge in [0.25, 0.3) is 0 Å². The zero-order valence-electron chi connectivity index (χ0n) is 16.7. The minimum absolute atomic E-state index is 0.0529. The van der Waals surface area contributed by atoms with Gasteiger partial charge in [0.05, 0.1) is 11.1 Å². The van der Waals surface area contributed by atoms with Gasteiger partial charge in [-0.1, -0.05) is 6.07 Å². The predicted octanol–water partition coefficient (Wildman–Crippen LogP) is 3.45. The molecule has 2 aliphatic rings. The highest BCUT2D eigenvalue weighted by Crippen LogP contribution is 2.46. The lowest BCUT2D eigenvalue weighted by atomic mass is 9.84. The zero-order chi connectivity index (χ0) is 22.7. The molecule has 6 nitrogen and oxygen atoms in total. The van der Waals surface area contributed by atoms with E-state index in [0.29, 0.717) is 17.1 Å². The largest absolute Gasteiger partial charge is 0.345 e. The molecule has 1 aliphatic carbocycles. The molecule has 2 aromatic carbocycles. The number of carbonyl (C=O) groups is 1. The van der Waals surface area contributed by atoms with Crippen LogP contribution < -0.4 is 5.32 Å². The van der Waals surface area contributed by atoms with E-state index in [1.165, 1.54) is 19.1 Å². The Morgan fingerprint density at radius 3 is 2.42 bits per heavy atom. The quantitative estimate of drug-likeness (QED) is 0.697. The lowest BCUT2D eigenvalue weighted by molar-refractivity contribution is 0.0963. The number of guanidine groups is 1. The summed E-state index contributed by atoms with van der Waals surface area (Å²) in [7, 11) is -3.20. The molecule has 0 bridgehead atoms. The van der Waals surface area contributed by atoms with Gasteiger partial charge >= 0.3 is 0 Å². The topological polar surface area (TPSA) is 90.3 Å². The Hall–Kier alpha value is -2.88. The van der Waals surface area contributed by atoms with Crippen molar-refractivity contribution in [3.05, 3.63) is 70.5 Å². The van der Waals surface area contributed by atoms with Crippen LogP contribution in [0.3, 0.4) is 0 Å². The van der Waals surface area contributed by atoms with Gasteiger partial charge in [-0.2, -0.15) is 0 Å². The van der Waals surface area contributed by atoms with Gasteiger partial charge in [-0.3, -0.25) is 10.2 Å². The Kier molecular flexibility index (Phi) is 4.88. The van der Waals surface area contributed by atoms with Gasteiger partial charge in [0.1, 0.15) is 22.7 Å². The van der Waals surface area contributed by atoms with Crippen LogP contribution in [0.25, 0.3) is 0 Å². The van der Waals surface area contributed by atoms with Gasteiger partial charge in [-0.25, -0.2) is 25.9 Å². The standard InChI is InChI=1S/C21H20F3N3O3S/c1-21(15-10-13(22)6-8-16(15)23)19(31(29,30)27(2)20(25)26-21)12-5-7-14(17(24)9-12)18(28)11-3-4-11/h5-11,19H,3-4H2,1-2H3,(H2,25,26)/t19-,21-/m1/s1. The number of hydrogen-bond acceptors (Lipinski definition) is 4. The van der Waals surface area contributed by atoms with Crippen molar-refractivity contribution in [3.8, 4) is 0 Å². The first-order chi connectivity index (χ1) is 14.5. The second-order valence-corrected chi connectivity index (χ2v) is 10.1. The molecule has 0 spiro atoms. The Morgan fingerprint density at radius 1 is 1.13 bits per heavy atom. The minimum atomic E-state index is -4.34. The summed E-state index contributed by atoms with van der Waals surface area (Å²) in [5.41, 5.74) is -2.34. The Morgan fingerprint density at radius 2 is 1.81 bits per heavy atom. The van der Waals surface area contributed by atoms with Crippen LogP contribution in [-0.4, -0.2) is 31.5 Å². The number of rotatable bonds is 4. The van der Waals surface area contributed by atoms with Crippen molar-refractivity contribution in [1.29, 1.82) is 5.41 Å². The van der Waals surface area contributed by atoms with E-state index >= 15 is 0 Å². The average Bonchev–Trinajstić information content (AvgIpc) is 3.53. The summed E-state index contributed by atoms with van der Waals surface area (Å²) in [6.45, 7) is 1.32. The number of benzene rings is 2. The summed E-state index contributed by atoms with van der Waals surface area (Å²) >= 11 is 0. The summed E-state index contributed by atoms with van der Waals surface area (Å²) in [5.74, 6) is -3.66. The molecule has 2 aromatic rings. The van der Waals surface area contributed by atoms with Crippen molar-refractivity contribution >= 4 is 21.8 Å².